The van der Waals surface area contributed by atoms with Gasteiger partial charge >= 0.3 is 0 Å². The molecule has 3 aromatic carbocycles. The molecule has 0 aromatic heterocycles. The summed E-state index contributed by atoms with van der Waals surface area (Å²) in [6.07, 6.45) is 0.561. The van der Waals surface area contributed by atoms with Crippen molar-refractivity contribution < 1.29 is 13.2 Å². The Morgan fingerprint density at radius 2 is 1.14 bits per heavy atom. The molecule has 0 saturated carbocycles. The Labute approximate surface area is 223 Å². The van der Waals surface area contributed by atoms with Gasteiger partial charge in [-0.1, -0.05) is 91.0 Å². The van der Waals surface area contributed by atoms with E-state index in [9.17, 15) is 8.42 Å². The highest BCUT2D eigenvalue weighted by atomic mass is 32.2. The second kappa shape index (κ2) is 10.4. The van der Waals surface area contributed by atoms with Crippen molar-refractivity contribution in [3.05, 3.63) is 108 Å². The van der Waals surface area contributed by atoms with Gasteiger partial charge in [-0.25, -0.2) is 8.42 Å². The topological polar surface area (TPSA) is 46.6 Å². The van der Waals surface area contributed by atoms with Crippen LogP contribution in [0.4, 0.5) is 0 Å². The quantitative estimate of drug-likeness (QED) is 0.337. The fourth-order valence-corrected chi connectivity index (χ4v) is 7.40. The van der Waals surface area contributed by atoms with Crippen molar-refractivity contribution in [2.24, 2.45) is 0 Å². The van der Waals surface area contributed by atoms with Crippen LogP contribution in [0, 0.1) is 0 Å². The average molecular weight is 520 g/mol. The van der Waals surface area contributed by atoms with Crippen molar-refractivity contribution in [2.75, 3.05) is 13.2 Å². The summed E-state index contributed by atoms with van der Waals surface area (Å²) < 4.78 is 33.3. The SMILES string of the molecule is CC(C)(C)N1C[C@H](S(=O)(=O)C(C)(C)C)C[C@H]1COC(c1ccccc1)(c1ccccc1)c1ccccc1. The third kappa shape index (κ3) is 5.41. The molecule has 1 aliphatic rings. The number of sulfone groups is 1. The van der Waals surface area contributed by atoms with Crippen LogP contribution in [0.5, 0.6) is 0 Å². The van der Waals surface area contributed by atoms with Gasteiger partial charge in [-0.2, -0.15) is 0 Å². The van der Waals surface area contributed by atoms with Crippen LogP contribution in [-0.2, 0) is 20.2 Å². The minimum atomic E-state index is -3.31. The Morgan fingerprint density at radius 3 is 1.49 bits per heavy atom. The predicted molar refractivity (Wildman–Crippen MR) is 152 cm³/mol. The molecule has 0 spiro atoms. The Hall–Kier alpha value is -2.47. The Kier molecular flexibility index (Phi) is 7.72. The lowest BCUT2D eigenvalue weighted by Crippen LogP contribution is -2.48. The molecule has 1 saturated heterocycles. The van der Waals surface area contributed by atoms with Crippen LogP contribution < -0.4 is 0 Å². The van der Waals surface area contributed by atoms with Crippen LogP contribution in [0.1, 0.15) is 64.7 Å². The summed E-state index contributed by atoms with van der Waals surface area (Å²) in [5.74, 6) is 0. The highest BCUT2D eigenvalue weighted by molar-refractivity contribution is 7.93. The molecule has 1 heterocycles. The second-order valence-electron chi connectivity index (χ2n) is 12.1. The zero-order valence-corrected chi connectivity index (χ0v) is 23.8. The molecule has 4 nitrogen and oxygen atoms in total. The van der Waals surface area contributed by atoms with Gasteiger partial charge in [0, 0.05) is 18.1 Å². The summed E-state index contributed by atoms with van der Waals surface area (Å²) in [4.78, 5) is 2.33. The zero-order chi connectivity index (χ0) is 26.9. The molecule has 0 amide bonds. The Bertz CT molecular complexity index is 1160. The summed E-state index contributed by atoms with van der Waals surface area (Å²) in [7, 11) is -3.31. The molecule has 1 fully saturated rings. The highest BCUT2D eigenvalue weighted by Crippen LogP contribution is 2.42. The summed E-state index contributed by atoms with van der Waals surface area (Å²) >= 11 is 0. The van der Waals surface area contributed by atoms with Gasteiger partial charge in [0.05, 0.1) is 16.6 Å². The first-order chi connectivity index (χ1) is 17.4. The number of nitrogens with zero attached hydrogens (tertiary/aromatic N) is 1. The number of hydrogen-bond acceptors (Lipinski definition) is 4. The van der Waals surface area contributed by atoms with Crippen molar-refractivity contribution in [1.82, 2.24) is 4.90 Å². The van der Waals surface area contributed by atoms with E-state index in [2.05, 4.69) is 62.1 Å². The molecule has 2 atom stereocenters. The van der Waals surface area contributed by atoms with Crippen molar-refractivity contribution >= 4 is 9.84 Å². The zero-order valence-electron chi connectivity index (χ0n) is 23.0. The normalized spacial score (nSPS) is 19.7. The van der Waals surface area contributed by atoms with Crippen LogP contribution in [0.25, 0.3) is 0 Å². The third-order valence-electron chi connectivity index (χ3n) is 7.56. The van der Waals surface area contributed by atoms with Gasteiger partial charge in [0.2, 0.25) is 0 Å². The van der Waals surface area contributed by atoms with Gasteiger partial charge < -0.3 is 4.74 Å². The summed E-state index contributed by atoms with van der Waals surface area (Å²) in [6.45, 7) is 12.8. The Morgan fingerprint density at radius 1 is 0.730 bits per heavy atom. The summed E-state index contributed by atoms with van der Waals surface area (Å²) in [5, 5.41) is -0.417. The van der Waals surface area contributed by atoms with Crippen LogP contribution in [-0.4, -0.2) is 48.0 Å². The first-order valence-electron chi connectivity index (χ1n) is 13.2. The minimum absolute atomic E-state index is 0.0300. The van der Waals surface area contributed by atoms with Crippen molar-refractivity contribution in [2.45, 2.75) is 75.1 Å². The lowest BCUT2D eigenvalue weighted by Gasteiger charge is -2.40. The molecular weight excluding hydrogens is 478 g/mol. The van der Waals surface area contributed by atoms with E-state index in [1.807, 2.05) is 54.6 Å². The van der Waals surface area contributed by atoms with Crippen molar-refractivity contribution in [3.63, 3.8) is 0 Å². The standard InChI is InChI=1S/C32H41NO3S/c1-30(2,3)33-23-29(37(34,35)31(4,5)6)22-28(33)24-36-32(25-16-10-7-11-17-25,26-18-12-8-13-19-26)27-20-14-9-15-21-27/h7-21,28-29H,22-24H2,1-6H3/t28-,29+/m0/s1. The van der Waals surface area contributed by atoms with E-state index in [4.69, 9.17) is 4.74 Å². The van der Waals surface area contributed by atoms with Gasteiger partial charge in [-0.05, 0) is 64.7 Å². The number of rotatable bonds is 7. The predicted octanol–water partition coefficient (Wildman–Crippen LogP) is 6.45. The maximum atomic E-state index is 13.5. The average Bonchev–Trinajstić information content (AvgIpc) is 3.32. The first kappa shape index (κ1) is 27.6. The van der Waals surface area contributed by atoms with Crippen molar-refractivity contribution in [1.29, 1.82) is 0 Å². The number of hydrogen-bond donors (Lipinski definition) is 0. The lowest BCUT2D eigenvalue weighted by molar-refractivity contribution is -0.0299. The van der Waals surface area contributed by atoms with Crippen LogP contribution >= 0.6 is 0 Å². The third-order valence-corrected chi connectivity index (χ3v) is 10.5. The monoisotopic (exact) mass is 519 g/mol. The van der Waals surface area contributed by atoms with E-state index in [1.165, 1.54) is 0 Å². The van der Waals surface area contributed by atoms with E-state index >= 15 is 0 Å². The first-order valence-corrected chi connectivity index (χ1v) is 14.7. The van der Waals surface area contributed by atoms with Crippen LogP contribution in [0.15, 0.2) is 91.0 Å². The van der Waals surface area contributed by atoms with E-state index in [0.717, 1.165) is 16.7 Å². The smallest absolute Gasteiger partial charge is 0.159 e. The maximum absolute atomic E-state index is 13.5. The highest BCUT2D eigenvalue weighted by Gasteiger charge is 2.48. The van der Waals surface area contributed by atoms with E-state index < -0.39 is 25.4 Å². The van der Waals surface area contributed by atoms with Gasteiger partial charge in [-0.15, -0.1) is 0 Å². The molecule has 4 rings (SSSR count). The molecular formula is C32H41NO3S. The van der Waals surface area contributed by atoms with Gasteiger partial charge in [0.15, 0.2) is 9.84 Å². The molecule has 0 unspecified atom stereocenters. The largest absolute Gasteiger partial charge is 0.359 e. The summed E-state index contributed by atoms with van der Waals surface area (Å²) in [5.41, 5.74) is 2.13. The second-order valence-corrected chi connectivity index (χ2v) is 15.1. The molecule has 0 aliphatic carbocycles. The van der Waals surface area contributed by atoms with Gasteiger partial charge in [0.25, 0.3) is 0 Å². The molecule has 0 radical (unpaired) electrons. The molecule has 5 heteroatoms. The number of ether oxygens (including phenoxy) is 1. The maximum Gasteiger partial charge on any atom is 0.159 e. The van der Waals surface area contributed by atoms with Gasteiger partial charge in [-0.3, -0.25) is 4.90 Å². The number of benzene rings is 3. The molecule has 0 N–H and O–H groups in total. The molecule has 37 heavy (non-hydrogen) atoms. The molecule has 0 bridgehead atoms. The number of likely N-dealkylation sites (tertiary alicyclic amines) is 1. The van der Waals surface area contributed by atoms with Gasteiger partial charge in [0.1, 0.15) is 5.60 Å². The molecule has 1 aliphatic heterocycles. The fourth-order valence-electron chi connectivity index (χ4n) is 5.57. The van der Waals surface area contributed by atoms with E-state index in [0.29, 0.717) is 19.6 Å². The fraction of sp³-hybridized carbons (Fsp3) is 0.438. The lowest BCUT2D eigenvalue weighted by atomic mass is 9.80. The van der Waals surface area contributed by atoms with Crippen LogP contribution in [0.3, 0.4) is 0 Å². The van der Waals surface area contributed by atoms with Crippen molar-refractivity contribution in [3.8, 4) is 0 Å². The van der Waals surface area contributed by atoms with E-state index in [-0.39, 0.29) is 11.6 Å². The molecule has 3 aromatic rings. The minimum Gasteiger partial charge on any atom is -0.359 e. The molecule has 198 valence electrons. The Balaban J connectivity index is 1.78. The van der Waals surface area contributed by atoms with E-state index in [1.54, 1.807) is 20.8 Å². The van der Waals surface area contributed by atoms with Crippen LogP contribution in [0.2, 0.25) is 0 Å². The summed E-state index contributed by atoms with van der Waals surface area (Å²) in [6, 6.07) is 31.0.